The molecule has 2 nitrogen and oxygen atoms in total. The van der Waals surface area contributed by atoms with E-state index in [0.29, 0.717) is 11.5 Å². The van der Waals surface area contributed by atoms with Crippen LogP contribution in [0.15, 0.2) is 12.1 Å². The molecule has 0 aromatic heterocycles. The largest absolute Gasteiger partial charge is 0.505 e. The van der Waals surface area contributed by atoms with Gasteiger partial charge in [-0.25, -0.2) is 4.39 Å². The van der Waals surface area contributed by atoms with Gasteiger partial charge in [0, 0.05) is 0 Å². The van der Waals surface area contributed by atoms with Crippen molar-refractivity contribution in [1.82, 2.24) is 0 Å². The van der Waals surface area contributed by atoms with Crippen molar-refractivity contribution in [3.05, 3.63) is 29.3 Å². The Morgan fingerprint density at radius 1 is 1.15 bits per heavy atom. The van der Waals surface area contributed by atoms with Gasteiger partial charge < -0.3 is 10.2 Å². The number of aromatic hydroxyl groups is 1. The maximum Gasteiger partial charge on any atom is 0.200 e. The molecule has 2 fully saturated rings. The van der Waals surface area contributed by atoms with E-state index in [1.54, 1.807) is 0 Å². The third-order valence-electron chi connectivity index (χ3n) is 5.33. The average molecular weight is 282 g/mol. The highest BCUT2D eigenvalue weighted by Crippen LogP contribution is 2.52. The zero-order valence-corrected chi connectivity index (χ0v) is 11.6. The van der Waals surface area contributed by atoms with Crippen LogP contribution < -0.4 is 0 Å². The van der Waals surface area contributed by atoms with E-state index in [1.165, 1.54) is 12.1 Å². The minimum absolute atomic E-state index is 0.0137. The second-order valence-electron chi connectivity index (χ2n) is 6.57. The van der Waals surface area contributed by atoms with Crippen LogP contribution in [0.25, 0.3) is 0 Å². The van der Waals surface area contributed by atoms with E-state index in [1.807, 2.05) is 6.92 Å². The van der Waals surface area contributed by atoms with Gasteiger partial charge in [0.05, 0.1) is 5.60 Å². The number of fused-ring (bicyclic) bond motifs is 1. The topological polar surface area (TPSA) is 40.5 Å². The minimum atomic E-state index is -1.15. The highest BCUT2D eigenvalue weighted by molar-refractivity contribution is 5.32. The smallest absolute Gasteiger partial charge is 0.200 e. The SMILES string of the molecule is C[C@]1(O)CCC2C[C@@H](c3ccc(O)c(F)c3F)CC[C@@H]21. The first-order valence-electron chi connectivity index (χ1n) is 7.29. The number of benzene rings is 1. The Morgan fingerprint density at radius 2 is 1.90 bits per heavy atom. The number of rotatable bonds is 1. The Kier molecular flexibility index (Phi) is 3.24. The van der Waals surface area contributed by atoms with Crippen molar-refractivity contribution < 1.29 is 19.0 Å². The van der Waals surface area contributed by atoms with Crippen LogP contribution in [0.3, 0.4) is 0 Å². The van der Waals surface area contributed by atoms with Gasteiger partial charge in [0.15, 0.2) is 11.6 Å². The van der Waals surface area contributed by atoms with Crippen LogP contribution in [-0.2, 0) is 0 Å². The summed E-state index contributed by atoms with van der Waals surface area (Å²) in [5, 5.41) is 19.5. The first kappa shape index (κ1) is 13.8. The van der Waals surface area contributed by atoms with E-state index in [2.05, 4.69) is 0 Å². The molecule has 0 amide bonds. The summed E-state index contributed by atoms with van der Waals surface area (Å²) < 4.78 is 27.4. The monoisotopic (exact) mass is 282 g/mol. The fourth-order valence-corrected chi connectivity index (χ4v) is 4.22. The Labute approximate surface area is 117 Å². The molecule has 1 aromatic carbocycles. The molecule has 1 aromatic rings. The number of halogens is 2. The van der Waals surface area contributed by atoms with Gasteiger partial charge in [-0.15, -0.1) is 0 Å². The molecule has 0 heterocycles. The molecule has 1 unspecified atom stereocenters. The van der Waals surface area contributed by atoms with E-state index >= 15 is 0 Å². The Hall–Kier alpha value is -1.16. The Morgan fingerprint density at radius 3 is 2.65 bits per heavy atom. The van der Waals surface area contributed by atoms with Gasteiger partial charge in [0.2, 0.25) is 5.82 Å². The van der Waals surface area contributed by atoms with Gasteiger partial charge in [0.1, 0.15) is 0 Å². The van der Waals surface area contributed by atoms with Crippen LogP contribution >= 0.6 is 0 Å². The quantitative estimate of drug-likeness (QED) is 0.824. The molecule has 3 rings (SSSR count). The molecule has 110 valence electrons. The number of phenols is 1. The van der Waals surface area contributed by atoms with Crippen molar-refractivity contribution in [1.29, 1.82) is 0 Å². The molecular weight excluding hydrogens is 262 g/mol. The van der Waals surface area contributed by atoms with E-state index in [9.17, 15) is 19.0 Å². The normalized spacial score (nSPS) is 36.9. The van der Waals surface area contributed by atoms with Gasteiger partial charge >= 0.3 is 0 Å². The number of aliphatic hydroxyl groups is 1. The lowest BCUT2D eigenvalue weighted by atomic mass is 9.70. The zero-order chi connectivity index (χ0) is 14.5. The Balaban J connectivity index is 1.83. The zero-order valence-electron chi connectivity index (χ0n) is 11.6. The van der Waals surface area contributed by atoms with Crippen LogP contribution in [0.5, 0.6) is 5.75 Å². The van der Waals surface area contributed by atoms with Crippen molar-refractivity contribution in [2.75, 3.05) is 0 Å². The summed E-state index contributed by atoms with van der Waals surface area (Å²) in [4.78, 5) is 0. The molecule has 4 heteroatoms. The highest BCUT2D eigenvalue weighted by atomic mass is 19.2. The summed E-state index contributed by atoms with van der Waals surface area (Å²) in [5.74, 6) is -2.05. The third kappa shape index (κ3) is 2.10. The molecule has 0 bridgehead atoms. The summed E-state index contributed by atoms with van der Waals surface area (Å²) in [7, 11) is 0. The minimum Gasteiger partial charge on any atom is -0.505 e. The average Bonchev–Trinajstić information content (AvgIpc) is 2.72. The van der Waals surface area contributed by atoms with E-state index < -0.39 is 23.0 Å². The highest BCUT2D eigenvalue weighted by Gasteiger charge is 2.46. The van der Waals surface area contributed by atoms with Crippen molar-refractivity contribution in [3.63, 3.8) is 0 Å². The second kappa shape index (κ2) is 4.69. The van der Waals surface area contributed by atoms with Gasteiger partial charge in [-0.05, 0) is 68.4 Å². The predicted octanol–water partition coefficient (Wildman–Crippen LogP) is 3.72. The number of hydrogen-bond donors (Lipinski definition) is 2. The molecule has 2 aliphatic carbocycles. The molecule has 2 aliphatic rings. The van der Waals surface area contributed by atoms with Crippen molar-refractivity contribution >= 4 is 0 Å². The molecule has 4 atom stereocenters. The van der Waals surface area contributed by atoms with Crippen molar-refractivity contribution in [2.24, 2.45) is 11.8 Å². The summed E-state index contributed by atoms with van der Waals surface area (Å²) in [5.41, 5.74) is -0.237. The molecular formula is C16H20F2O2. The summed E-state index contributed by atoms with van der Waals surface area (Å²) in [6.07, 6.45) is 4.16. The lowest BCUT2D eigenvalue weighted by Gasteiger charge is -2.37. The molecule has 2 N–H and O–H groups in total. The molecule has 0 saturated heterocycles. The van der Waals surface area contributed by atoms with E-state index in [0.717, 1.165) is 32.1 Å². The molecule has 20 heavy (non-hydrogen) atoms. The Bertz CT molecular complexity index is 527. The maximum absolute atomic E-state index is 14.0. The van der Waals surface area contributed by atoms with Gasteiger partial charge in [-0.3, -0.25) is 0 Å². The van der Waals surface area contributed by atoms with Gasteiger partial charge in [-0.2, -0.15) is 4.39 Å². The van der Waals surface area contributed by atoms with Crippen LogP contribution in [-0.4, -0.2) is 15.8 Å². The molecule has 2 saturated carbocycles. The third-order valence-corrected chi connectivity index (χ3v) is 5.33. The molecule has 0 aliphatic heterocycles. The standard InChI is InChI=1S/C16H20F2O2/c1-16(20)7-6-10-8-9(2-4-12(10)16)11-3-5-13(19)15(18)14(11)17/h3,5,9-10,12,19-20H,2,4,6-8H2,1H3/t9-,10?,12-,16-/m0/s1. The van der Waals surface area contributed by atoms with Crippen molar-refractivity contribution in [2.45, 2.75) is 50.5 Å². The maximum atomic E-state index is 14.0. The fourth-order valence-electron chi connectivity index (χ4n) is 4.22. The van der Waals surface area contributed by atoms with E-state index in [-0.39, 0.29) is 11.8 Å². The molecule has 0 radical (unpaired) electrons. The second-order valence-corrected chi connectivity index (χ2v) is 6.57. The summed E-state index contributed by atoms with van der Waals surface area (Å²) in [6, 6.07) is 2.72. The predicted molar refractivity (Wildman–Crippen MR) is 71.5 cm³/mol. The van der Waals surface area contributed by atoms with Crippen LogP contribution in [0.2, 0.25) is 0 Å². The van der Waals surface area contributed by atoms with Crippen LogP contribution in [0.4, 0.5) is 8.78 Å². The van der Waals surface area contributed by atoms with E-state index in [4.69, 9.17) is 0 Å². The number of hydrogen-bond acceptors (Lipinski definition) is 2. The van der Waals surface area contributed by atoms with Crippen LogP contribution in [0.1, 0.15) is 50.5 Å². The van der Waals surface area contributed by atoms with Crippen LogP contribution in [0, 0.1) is 23.5 Å². The lowest BCUT2D eigenvalue weighted by molar-refractivity contribution is -0.00457. The van der Waals surface area contributed by atoms with Crippen molar-refractivity contribution in [3.8, 4) is 5.75 Å². The number of phenolic OH excluding ortho intramolecular Hbond substituents is 1. The summed E-state index contributed by atoms with van der Waals surface area (Å²) >= 11 is 0. The van der Waals surface area contributed by atoms with Gasteiger partial charge in [0.25, 0.3) is 0 Å². The first-order valence-corrected chi connectivity index (χ1v) is 7.29. The summed E-state index contributed by atoms with van der Waals surface area (Å²) in [6.45, 7) is 1.89. The molecule has 0 spiro atoms. The first-order chi connectivity index (χ1) is 9.40. The lowest BCUT2D eigenvalue weighted by Crippen LogP contribution is -2.35. The fraction of sp³-hybridized carbons (Fsp3) is 0.625. The van der Waals surface area contributed by atoms with Gasteiger partial charge in [-0.1, -0.05) is 6.07 Å².